The monoisotopic (exact) mass is 506 g/mol. The van der Waals surface area contributed by atoms with Crippen molar-refractivity contribution in [2.75, 3.05) is 29.9 Å². The van der Waals surface area contributed by atoms with Crippen molar-refractivity contribution in [2.24, 2.45) is 5.92 Å². The van der Waals surface area contributed by atoms with Gasteiger partial charge in [-0.25, -0.2) is 23.4 Å². The highest BCUT2D eigenvalue weighted by atomic mass is 32.2. The Labute approximate surface area is 208 Å². The Hall–Kier alpha value is -3.34. The zero-order valence-electron chi connectivity index (χ0n) is 19.0. The molecule has 0 aliphatic carbocycles. The van der Waals surface area contributed by atoms with Gasteiger partial charge in [-0.05, 0) is 73.8 Å². The summed E-state index contributed by atoms with van der Waals surface area (Å²) in [5.74, 6) is 0.856. The van der Waals surface area contributed by atoms with Crippen LogP contribution in [0.3, 0.4) is 0 Å². The number of nitrogens with zero attached hydrogens (tertiary/aromatic N) is 3. The molecule has 1 saturated heterocycles. The largest absolute Gasteiger partial charge is 0.375 e. The Balaban J connectivity index is 1.20. The minimum Gasteiger partial charge on any atom is -0.375 e. The van der Waals surface area contributed by atoms with E-state index in [2.05, 4.69) is 25.6 Å². The molecule has 4 aromatic rings. The molecule has 35 heavy (non-hydrogen) atoms. The first kappa shape index (κ1) is 23.4. The number of anilines is 3. The van der Waals surface area contributed by atoms with E-state index >= 15 is 0 Å². The second kappa shape index (κ2) is 10.1. The molecule has 1 fully saturated rings. The molecule has 4 N–H and O–H groups in total. The van der Waals surface area contributed by atoms with Crippen LogP contribution < -0.4 is 16.4 Å². The van der Waals surface area contributed by atoms with Gasteiger partial charge in [-0.2, -0.15) is 0 Å². The van der Waals surface area contributed by atoms with Gasteiger partial charge in [0.1, 0.15) is 0 Å². The fourth-order valence-corrected chi connectivity index (χ4v) is 6.55. The van der Waals surface area contributed by atoms with Crippen molar-refractivity contribution < 1.29 is 8.42 Å². The first-order chi connectivity index (χ1) is 16.9. The van der Waals surface area contributed by atoms with E-state index in [-0.39, 0.29) is 11.7 Å². The number of thiazole rings is 1. The van der Waals surface area contributed by atoms with Crippen molar-refractivity contribution in [3.8, 4) is 0 Å². The van der Waals surface area contributed by atoms with Crippen molar-refractivity contribution >= 4 is 60.3 Å². The number of nitrogens with two attached hydrogens (primary N) is 1. The fourth-order valence-electron chi connectivity index (χ4n) is 4.07. The number of fused-ring (bicyclic) bond motifs is 1. The molecular weight excluding hydrogens is 480 g/mol. The molecule has 5 rings (SSSR count). The van der Waals surface area contributed by atoms with Crippen LogP contribution in [0.15, 0.2) is 59.8 Å². The summed E-state index contributed by atoms with van der Waals surface area (Å²) in [7, 11) is -3.30. The van der Waals surface area contributed by atoms with E-state index in [1.165, 1.54) is 11.3 Å². The molecule has 0 unspecified atom stereocenters. The van der Waals surface area contributed by atoms with E-state index in [4.69, 9.17) is 5.73 Å². The number of aromatic nitrogens is 3. The van der Waals surface area contributed by atoms with Crippen LogP contribution in [0.2, 0.25) is 0 Å². The molecule has 180 valence electrons. The van der Waals surface area contributed by atoms with Crippen LogP contribution in [0.25, 0.3) is 22.4 Å². The van der Waals surface area contributed by atoms with Gasteiger partial charge in [0.15, 0.2) is 15.0 Å². The van der Waals surface area contributed by atoms with Crippen LogP contribution in [-0.2, 0) is 9.84 Å². The summed E-state index contributed by atoms with van der Waals surface area (Å²) < 4.78 is 26.6. The predicted molar refractivity (Wildman–Crippen MR) is 142 cm³/mol. The number of nitrogen functional groups attached to an aromatic ring is 1. The third-order valence-electron chi connectivity index (χ3n) is 5.95. The van der Waals surface area contributed by atoms with Crippen LogP contribution in [0.4, 0.5) is 16.8 Å². The quantitative estimate of drug-likeness (QED) is 0.338. The Kier molecular flexibility index (Phi) is 6.76. The topological polar surface area (TPSA) is 123 Å². The molecule has 0 bridgehead atoms. The number of sulfone groups is 1. The van der Waals surface area contributed by atoms with Gasteiger partial charge in [-0.1, -0.05) is 29.6 Å². The Morgan fingerprint density at radius 3 is 2.49 bits per heavy atom. The van der Waals surface area contributed by atoms with Crippen molar-refractivity contribution in [3.63, 3.8) is 0 Å². The van der Waals surface area contributed by atoms with Crippen LogP contribution in [0.1, 0.15) is 24.0 Å². The lowest BCUT2D eigenvalue weighted by molar-refractivity contribution is 0.401. The SMILES string of the molecule is Nc1nc2ccc(C=Cc3cnc(Nc4ccc(S(=O)(=O)CC5CCNCC5)cc4)nc3)cc2s1. The van der Waals surface area contributed by atoms with Crippen molar-refractivity contribution in [1.82, 2.24) is 20.3 Å². The average Bonchev–Trinajstić information content (AvgIpc) is 3.23. The summed E-state index contributed by atoms with van der Waals surface area (Å²) in [5.41, 5.74) is 9.30. The van der Waals surface area contributed by atoms with Crippen LogP contribution >= 0.6 is 11.3 Å². The molecule has 0 radical (unpaired) electrons. The fraction of sp³-hybridized carbons (Fsp3) is 0.240. The lowest BCUT2D eigenvalue weighted by Gasteiger charge is -2.22. The third kappa shape index (κ3) is 5.84. The summed E-state index contributed by atoms with van der Waals surface area (Å²) in [6, 6.07) is 12.8. The van der Waals surface area contributed by atoms with Crippen molar-refractivity contribution in [2.45, 2.75) is 17.7 Å². The zero-order chi connectivity index (χ0) is 24.3. The molecule has 0 atom stereocenters. The summed E-state index contributed by atoms with van der Waals surface area (Å²) in [6.45, 7) is 1.77. The van der Waals surface area contributed by atoms with Crippen LogP contribution in [0, 0.1) is 5.92 Å². The number of nitrogens with one attached hydrogen (secondary N) is 2. The molecule has 1 aliphatic heterocycles. The van der Waals surface area contributed by atoms with Gasteiger partial charge in [-0.3, -0.25) is 0 Å². The second-order valence-corrected chi connectivity index (χ2v) is 11.7. The van der Waals surface area contributed by atoms with E-state index in [0.29, 0.717) is 16.0 Å². The standard InChI is InChI=1S/C25H26N6O2S2/c26-24-31-22-8-3-17(13-23(22)34-24)1-2-19-14-28-25(29-15-19)30-20-4-6-21(7-5-20)35(32,33)16-18-9-11-27-12-10-18/h1-8,13-15,18,27H,9-12,16H2,(H2,26,31)(H,28,29,30). The minimum absolute atomic E-state index is 0.200. The Morgan fingerprint density at radius 1 is 1.03 bits per heavy atom. The molecule has 0 amide bonds. The number of hydrogen-bond donors (Lipinski definition) is 3. The molecule has 0 spiro atoms. The summed E-state index contributed by atoms with van der Waals surface area (Å²) in [6.07, 6.45) is 9.19. The highest BCUT2D eigenvalue weighted by molar-refractivity contribution is 7.91. The zero-order valence-corrected chi connectivity index (χ0v) is 20.6. The third-order valence-corrected chi connectivity index (χ3v) is 8.70. The van der Waals surface area contributed by atoms with Crippen molar-refractivity contribution in [1.29, 1.82) is 0 Å². The average molecular weight is 507 g/mol. The molecule has 1 aliphatic rings. The summed E-state index contributed by atoms with van der Waals surface area (Å²) in [4.78, 5) is 13.4. The molecule has 2 aromatic carbocycles. The highest BCUT2D eigenvalue weighted by Gasteiger charge is 2.22. The smallest absolute Gasteiger partial charge is 0.227 e. The van der Waals surface area contributed by atoms with Gasteiger partial charge < -0.3 is 16.4 Å². The summed E-state index contributed by atoms with van der Waals surface area (Å²) >= 11 is 1.46. The Morgan fingerprint density at radius 2 is 1.74 bits per heavy atom. The minimum atomic E-state index is -3.30. The number of hydrogen-bond acceptors (Lipinski definition) is 9. The number of benzene rings is 2. The maximum Gasteiger partial charge on any atom is 0.227 e. The van der Waals surface area contributed by atoms with E-state index in [9.17, 15) is 8.42 Å². The lowest BCUT2D eigenvalue weighted by Crippen LogP contribution is -2.31. The van der Waals surface area contributed by atoms with Gasteiger partial charge in [0.2, 0.25) is 5.95 Å². The first-order valence-electron chi connectivity index (χ1n) is 11.4. The Bertz CT molecular complexity index is 1440. The van der Waals surface area contributed by atoms with Crippen molar-refractivity contribution in [3.05, 3.63) is 66.0 Å². The molecule has 0 saturated carbocycles. The summed E-state index contributed by atoms with van der Waals surface area (Å²) in [5, 5.41) is 6.95. The van der Waals surface area contributed by atoms with E-state index in [1.807, 2.05) is 30.4 Å². The molecule has 3 heterocycles. The van der Waals surface area contributed by atoms with Crippen LogP contribution in [0.5, 0.6) is 0 Å². The van der Waals surface area contributed by atoms with E-state index in [1.54, 1.807) is 36.7 Å². The van der Waals surface area contributed by atoms with Gasteiger partial charge in [-0.15, -0.1) is 0 Å². The maximum atomic E-state index is 12.8. The molecule has 2 aromatic heterocycles. The van der Waals surface area contributed by atoms with Crippen LogP contribution in [-0.4, -0.2) is 42.2 Å². The van der Waals surface area contributed by atoms with Gasteiger partial charge in [0.05, 0.1) is 20.9 Å². The predicted octanol–water partition coefficient (Wildman–Crippen LogP) is 4.36. The normalized spacial score (nSPS) is 15.1. The molecule has 8 nitrogen and oxygen atoms in total. The lowest BCUT2D eigenvalue weighted by atomic mass is 10.0. The molecular formula is C25H26N6O2S2. The first-order valence-corrected chi connectivity index (χ1v) is 13.9. The van der Waals surface area contributed by atoms with E-state index in [0.717, 1.165) is 53.0 Å². The van der Waals surface area contributed by atoms with E-state index < -0.39 is 9.84 Å². The maximum absolute atomic E-state index is 12.8. The second-order valence-electron chi connectivity index (χ2n) is 8.58. The van der Waals surface area contributed by atoms with Gasteiger partial charge in [0, 0.05) is 23.6 Å². The molecule has 10 heteroatoms. The number of piperidine rings is 1. The van der Waals surface area contributed by atoms with Gasteiger partial charge in [0.25, 0.3) is 0 Å². The highest BCUT2D eigenvalue weighted by Crippen LogP contribution is 2.25. The van der Waals surface area contributed by atoms with Gasteiger partial charge >= 0.3 is 0 Å². The number of rotatable bonds is 7.